The van der Waals surface area contributed by atoms with Crippen molar-refractivity contribution in [3.05, 3.63) is 65.6 Å². The fourth-order valence-electron chi connectivity index (χ4n) is 1.89. The minimum absolute atomic E-state index is 0.00102. The van der Waals surface area contributed by atoms with Crippen LogP contribution >= 0.6 is 0 Å². The third-order valence-electron chi connectivity index (χ3n) is 2.77. The lowest BCUT2D eigenvalue weighted by Crippen LogP contribution is -2.23. The normalized spacial score (nSPS) is 13.8. The fourth-order valence-corrected chi connectivity index (χ4v) is 1.89. The standard InChI is InChI=1S/C14H8FN3O2/c15-8-2-1-3-9(6-8)18-10-7-11(19)12-13(14(10)20)17-5-4-16-12/h1-7,18H. The summed E-state index contributed by atoms with van der Waals surface area (Å²) in [6.07, 6.45) is 3.84. The molecule has 0 saturated heterocycles. The zero-order chi connectivity index (χ0) is 14.1. The Balaban J connectivity index is 1.96. The van der Waals surface area contributed by atoms with Crippen LogP contribution in [0.5, 0.6) is 0 Å². The Morgan fingerprint density at radius 1 is 1.05 bits per heavy atom. The molecule has 0 radical (unpaired) electrons. The molecule has 1 N–H and O–H groups in total. The third-order valence-corrected chi connectivity index (χ3v) is 2.77. The summed E-state index contributed by atoms with van der Waals surface area (Å²) in [5.41, 5.74) is 0.458. The van der Waals surface area contributed by atoms with Crippen LogP contribution in [0.1, 0.15) is 21.0 Å². The van der Waals surface area contributed by atoms with Gasteiger partial charge < -0.3 is 5.32 Å². The maximum Gasteiger partial charge on any atom is 0.229 e. The second-order valence-electron chi connectivity index (χ2n) is 4.14. The quantitative estimate of drug-likeness (QED) is 0.902. The molecule has 0 saturated carbocycles. The summed E-state index contributed by atoms with van der Waals surface area (Å²) in [5, 5.41) is 2.73. The first kappa shape index (κ1) is 12.2. The van der Waals surface area contributed by atoms with Gasteiger partial charge in [0.2, 0.25) is 11.6 Å². The molecule has 1 aliphatic carbocycles. The topological polar surface area (TPSA) is 72.0 Å². The molecule has 0 aliphatic heterocycles. The summed E-state index contributed by atoms with van der Waals surface area (Å²) < 4.78 is 13.1. The summed E-state index contributed by atoms with van der Waals surface area (Å²) in [6.45, 7) is 0. The van der Waals surface area contributed by atoms with Gasteiger partial charge in [-0.3, -0.25) is 9.59 Å². The highest BCUT2D eigenvalue weighted by Crippen LogP contribution is 2.20. The van der Waals surface area contributed by atoms with E-state index in [1.54, 1.807) is 6.07 Å². The highest BCUT2D eigenvalue weighted by Gasteiger charge is 2.28. The highest BCUT2D eigenvalue weighted by molar-refractivity contribution is 6.23. The predicted octanol–water partition coefficient (Wildman–Crippen LogP) is 1.99. The van der Waals surface area contributed by atoms with Crippen molar-refractivity contribution < 1.29 is 14.0 Å². The van der Waals surface area contributed by atoms with E-state index in [9.17, 15) is 14.0 Å². The molecule has 0 atom stereocenters. The lowest BCUT2D eigenvalue weighted by atomic mass is 10.0. The Morgan fingerprint density at radius 2 is 1.80 bits per heavy atom. The number of Topliss-reactive ketones (excluding diaryl/α,β-unsaturated/α-hetero) is 1. The second kappa shape index (κ2) is 4.65. The molecule has 0 bridgehead atoms. The number of nitrogens with one attached hydrogen (secondary N) is 1. The van der Waals surface area contributed by atoms with Crippen LogP contribution in [0.2, 0.25) is 0 Å². The molecule has 3 rings (SSSR count). The van der Waals surface area contributed by atoms with E-state index in [4.69, 9.17) is 0 Å². The van der Waals surface area contributed by atoms with Crippen LogP contribution in [0.4, 0.5) is 10.1 Å². The van der Waals surface area contributed by atoms with Gasteiger partial charge in [-0.05, 0) is 18.2 Å². The van der Waals surface area contributed by atoms with E-state index in [-0.39, 0.29) is 17.1 Å². The minimum Gasteiger partial charge on any atom is -0.352 e. The molecule has 6 heteroatoms. The number of halogens is 1. The summed E-state index contributed by atoms with van der Waals surface area (Å²) in [7, 11) is 0. The molecule has 5 nitrogen and oxygen atoms in total. The maximum atomic E-state index is 13.1. The summed E-state index contributed by atoms with van der Waals surface area (Å²) in [6, 6.07) is 5.61. The van der Waals surface area contributed by atoms with Crippen LogP contribution in [-0.2, 0) is 0 Å². The molecule has 1 heterocycles. The minimum atomic E-state index is -0.447. The van der Waals surface area contributed by atoms with Gasteiger partial charge in [-0.25, -0.2) is 14.4 Å². The summed E-state index contributed by atoms with van der Waals surface area (Å²) >= 11 is 0. The van der Waals surface area contributed by atoms with E-state index >= 15 is 0 Å². The van der Waals surface area contributed by atoms with Crippen LogP contribution in [0.25, 0.3) is 0 Å². The fraction of sp³-hybridized carbons (Fsp3) is 0. The van der Waals surface area contributed by atoms with Crippen molar-refractivity contribution >= 4 is 17.3 Å². The SMILES string of the molecule is O=C1C=C(Nc2cccc(F)c2)C(=O)c2nccnc21. The van der Waals surface area contributed by atoms with Gasteiger partial charge in [0.25, 0.3) is 0 Å². The lowest BCUT2D eigenvalue weighted by molar-refractivity contribution is 0.0978. The van der Waals surface area contributed by atoms with Gasteiger partial charge in [0.05, 0.1) is 5.70 Å². The van der Waals surface area contributed by atoms with Gasteiger partial charge in [-0.2, -0.15) is 0 Å². The number of carbonyl (C=O) groups excluding carboxylic acids is 2. The van der Waals surface area contributed by atoms with Crippen molar-refractivity contribution in [1.29, 1.82) is 0 Å². The molecule has 1 aromatic carbocycles. The van der Waals surface area contributed by atoms with Crippen molar-refractivity contribution in [1.82, 2.24) is 9.97 Å². The summed E-state index contributed by atoms with van der Waals surface area (Å²) in [4.78, 5) is 31.7. The van der Waals surface area contributed by atoms with Crippen molar-refractivity contribution in [3.63, 3.8) is 0 Å². The Kier molecular flexibility index (Phi) is 2.83. The first-order chi connectivity index (χ1) is 9.65. The molecule has 1 aromatic heterocycles. The average Bonchev–Trinajstić information content (AvgIpc) is 2.45. The van der Waals surface area contributed by atoms with Gasteiger partial charge in [-0.15, -0.1) is 0 Å². The lowest BCUT2D eigenvalue weighted by Gasteiger charge is -2.14. The van der Waals surface area contributed by atoms with Gasteiger partial charge in [0.15, 0.2) is 0 Å². The summed E-state index contributed by atoms with van der Waals surface area (Å²) in [5.74, 6) is -1.30. The van der Waals surface area contributed by atoms with Gasteiger partial charge >= 0.3 is 0 Å². The maximum absolute atomic E-state index is 13.1. The Labute approximate surface area is 113 Å². The molecular formula is C14H8FN3O2. The smallest absolute Gasteiger partial charge is 0.229 e. The number of aromatic nitrogens is 2. The molecule has 2 aromatic rings. The van der Waals surface area contributed by atoms with E-state index in [1.165, 1.54) is 30.6 Å². The zero-order valence-corrected chi connectivity index (χ0v) is 10.1. The van der Waals surface area contributed by atoms with Crippen molar-refractivity contribution in [2.75, 3.05) is 5.32 Å². The number of carbonyl (C=O) groups is 2. The number of fused-ring (bicyclic) bond motifs is 1. The van der Waals surface area contributed by atoms with E-state index in [0.29, 0.717) is 5.69 Å². The van der Waals surface area contributed by atoms with E-state index in [2.05, 4.69) is 15.3 Å². The van der Waals surface area contributed by atoms with Gasteiger partial charge in [0.1, 0.15) is 17.2 Å². The molecule has 20 heavy (non-hydrogen) atoms. The van der Waals surface area contributed by atoms with E-state index in [0.717, 1.165) is 6.08 Å². The number of benzene rings is 1. The number of hydrogen-bond donors (Lipinski definition) is 1. The largest absolute Gasteiger partial charge is 0.352 e. The third kappa shape index (κ3) is 2.07. The van der Waals surface area contributed by atoms with Crippen molar-refractivity contribution in [2.45, 2.75) is 0 Å². The molecule has 98 valence electrons. The molecule has 1 aliphatic rings. The van der Waals surface area contributed by atoms with Crippen LogP contribution in [0.15, 0.2) is 48.4 Å². The first-order valence-electron chi connectivity index (χ1n) is 5.79. The molecule has 0 spiro atoms. The number of allylic oxidation sites excluding steroid dienone is 2. The molecule has 0 unspecified atom stereocenters. The van der Waals surface area contributed by atoms with Crippen molar-refractivity contribution in [3.8, 4) is 0 Å². The molecule has 0 amide bonds. The van der Waals surface area contributed by atoms with Gasteiger partial charge in [0, 0.05) is 24.2 Å². The Hall–Kier alpha value is -2.89. The number of nitrogens with zero attached hydrogens (tertiary/aromatic N) is 2. The highest BCUT2D eigenvalue weighted by atomic mass is 19.1. The molecular weight excluding hydrogens is 261 g/mol. The Morgan fingerprint density at radius 3 is 2.55 bits per heavy atom. The number of anilines is 1. The second-order valence-corrected chi connectivity index (χ2v) is 4.14. The van der Waals surface area contributed by atoms with Crippen LogP contribution in [0.3, 0.4) is 0 Å². The molecule has 0 fully saturated rings. The van der Waals surface area contributed by atoms with Crippen molar-refractivity contribution in [2.24, 2.45) is 0 Å². The zero-order valence-electron chi connectivity index (χ0n) is 10.1. The van der Waals surface area contributed by atoms with E-state index in [1.807, 2.05) is 0 Å². The number of ketones is 2. The van der Waals surface area contributed by atoms with Crippen LogP contribution in [0, 0.1) is 5.82 Å². The predicted molar refractivity (Wildman–Crippen MR) is 68.8 cm³/mol. The van der Waals surface area contributed by atoms with Crippen LogP contribution in [-0.4, -0.2) is 21.5 Å². The number of rotatable bonds is 2. The van der Waals surface area contributed by atoms with Gasteiger partial charge in [-0.1, -0.05) is 6.07 Å². The monoisotopic (exact) mass is 269 g/mol. The number of hydrogen-bond acceptors (Lipinski definition) is 5. The first-order valence-corrected chi connectivity index (χ1v) is 5.79. The Bertz CT molecular complexity index is 756. The average molecular weight is 269 g/mol. The van der Waals surface area contributed by atoms with Crippen LogP contribution < -0.4 is 5.32 Å². The van der Waals surface area contributed by atoms with E-state index < -0.39 is 17.4 Å².